The second kappa shape index (κ2) is 9.66. The molecule has 26 heavy (non-hydrogen) atoms. The number of hydrogen-bond acceptors (Lipinski definition) is 5. The average Bonchev–Trinajstić information content (AvgIpc) is 2.95. The van der Waals surface area contributed by atoms with Crippen LogP contribution < -0.4 is 10.5 Å². The minimum atomic E-state index is -3.68. The van der Waals surface area contributed by atoms with E-state index in [0.29, 0.717) is 24.6 Å². The minimum Gasteiger partial charge on any atom is -0.383 e. The summed E-state index contributed by atoms with van der Waals surface area (Å²) < 4.78 is 32.1. The number of rotatable bonds is 7. The van der Waals surface area contributed by atoms with Crippen molar-refractivity contribution in [1.82, 2.24) is 9.62 Å². The topological polar surface area (TPSA) is 102 Å². The molecule has 1 aliphatic heterocycles. The number of ether oxygens (including phenoxy) is 1. The number of carbonyl (C=O) groups excluding carboxylic acids is 1. The molecule has 2 unspecified atom stereocenters. The van der Waals surface area contributed by atoms with Crippen LogP contribution in [-0.4, -0.2) is 58.6 Å². The Hall–Kier alpha value is -1.19. The van der Waals surface area contributed by atoms with Crippen molar-refractivity contribution in [2.75, 3.05) is 33.4 Å². The zero-order valence-electron chi connectivity index (χ0n) is 15.4. The van der Waals surface area contributed by atoms with E-state index in [-0.39, 0.29) is 42.4 Å². The van der Waals surface area contributed by atoms with Crippen LogP contribution in [0, 0.1) is 12.8 Å². The molecular formula is C17H28ClN3O4S. The quantitative estimate of drug-likeness (QED) is 0.662. The lowest BCUT2D eigenvalue weighted by Gasteiger charge is -2.23. The molecule has 7 nitrogen and oxygen atoms in total. The third kappa shape index (κ3) is 5.17. The Labute approximate surface area is 161 Å². The molecule has 0 radical (unpaired) electrons. The molecule has 148 valence electrons. The number of methoxy groups -OCH3 is 1. The van der Waals surface area contributed by atoms with E-state index in [9.17, 15) is 13.2 Å². The number of hydrogen-bond donors (Lipinski definition) is 2. The highest BCUT2D eigenvalue weighted by molar-refractivity contribution is 7.89. The Kier molecular flexibility index (Phi) is 8.49. The number of likely N-dealkylation sites (tertiary alicyclic amines) is 1. The van der Waals surface area contributed by atoms with Gasteiger partial charge in [-0.3, -0.25) is 4.79 Å². The molecule has 0 bridgehead atoms. The molecule has 1 fully saturated rings. The van der Waals surface area contributed by atoms with Crippen LogP contribution in [0.25, 0.3) is 0 Å². The van der Waals surface area contributed by atoms with Crippen LogP contribution in [0.1, 0.15) is 29.3 Å². The summed E-state index contributed by atoms with van der Waals surface area (Å²) in [7, 11) is -2.18. The van der Waals surface area contributed by atoms with Gasteiger partial charge in [0.1, 0.15) is 0 Å². The van der Waals surface area contributed by atoms with Crippen molar-refractivity contribution in [1.29, 1.82) is 0 Å². The van der Waals surface area contributed by atoms with Crippen LogP contribution in [-0.2, 0) is 14.8 Å². The minimum absolute atomic E-state index is 0. The molecule has 1 aromatic carbocycles. The van der Waals surface area contributed by atoms with E-state index in [4.69, 9.17) is 10.5 Å². The summed E-state index contributed by atoms with van der Waals surface area (Å²) in [6.45, 7) is 5.42. The largest absolute Gasteiger partial charge is 0.383 e. The highest BCUT2D eigenvalue weighted by atomic mass is 35.5. The van der Waals surface area contributed by atoms with E-state index in [1.54, 1.807) is 11.0 Å². The van der Waals surface area contributed by atoms with Crippen LogP contribution in [0.15, 0.2) is 23.1 Å². The zero-order chi connectivity index (χ0) is 18.6. The second-order valence-electron chi connectivity index (χ2n) is 6.51. The molecule has 0 aliphatic carbocycles. The zero-order valence-corrected chi connectivity index (χ0v) is 17.0. The van der Waals surface area contributed by atoms with Crippen molar-refractivity contribution >= 4 is 28.3 Å². The van der Waals surface area contributed by atoms with Crippen molar-refractivity contribution in [3.63, 3.8) is 0 Å². The van der Waals surface area contributed by atoms with Gasteiger partial charge in [0.15, 0.2) is 0 Å². The fourth-order valence-corrected chi connectivity index (χ4v) is 4.15. The monoisotopic (exact) mass is 405 g/mol. The van der Waals surface area contributed by atoms with Gasteiger partial charge < -0.3 is 15.4 Å². The van der Waals surface area contributed by atoms with Crippen molar-refractivity contribution in [2.24, 2.45) is 11.7 Å². The first-order valence-corrected chi connectivity index (χ1v) is 9.88. The number of nitrogens with two attached hydrogens (primary N) is 1. The van der Waals surface area contributed by atoms with E-state index >= 15 is 0 Å². The Morgan fingerprint density at radius 1 is 1.42 bits per heavy atom. The van der Waals surface area contributed by atoms with Crippen LogP contribution in [0.2, 0.25) is 0 Å². The molecule has 3 N–H and O–H groups in total. The van der Waals surface area contributed by atoms with Crippen LogP contribution in [0.5, 0.6) is 0 Å². The molecule has 1 aromatic rings. The molecule has 9 heteroatoms. The van der Waals surface area contributed by atoms with Gasteiger partial charge in [-0.25, -0.2) is 13.1 Å². The Balaban J connectivity index is 0.00000338. The van der Waals surface area contributed by atoms with Gasteiger partial charge in [-0.1, -0.05) is 6.07 Å². The fraction of sp³-hybridized carbons (Fsp3) is 0.588. The molecule has 2 atom stereocenters. The third-order valence-corrected chi connectivity index (χ3v) is 6.06. The van der Waals surface area contributed by atoms with Gasteiger partial charge in [-0.05, 0) is 50.4 Å². The second-order valence-corrected chi connectivity index (χ2v) is 8.28. The van der Waals surface area contributed by atoms with Crippen molar-refractivity contribution in [2.45, 2.75) is 31.2 Å². The fourth-order valence-electron chi connectivity index (χ4n) is 3.11. The highest BCUT2D eigenvalue weighted by Gasteiger charge is 2.33. The number of carbonyl (C=O) groups is 1. The third-order valence-electron chi connectivity index (χ3n) is 4.60. The van der Waals surface area contributed by atoms with Crippen molar-refractivity contribution < 1.29 is 17.9 Å². The van der Waals surface area contributed by atoms with E-state index in [1.807, 2.05) is 13.8 Å². The van der Waals surface area contributed by atoms with E-state index < -0.39 is 10.0 Å². The van der Waals surface area contributed by atoms with Gasteiger partial charge in [-0.15, -0.1) is 12.4 Å². The molecule has 0 spiro atoms. The van der Waals surface area contributed by atoms with Crippen molar-refractivity contribution in [3.8, 4) is 0 Å². The maximum atomic E-state index is 12.9. The van der Waals surface area contributed by atoms with Crippen LogP contribution in [0.3, 0.4) is 0 Å². The summed E-state index contributed by atoms with van der Waals surface area (Å²) in [6, 6.07) is 4.73. The SMILES string of the molecule is COCCNS(=O)(=O)c1ccc(C)c(C(=O)N2CC(CN)CC2C)c1.Cl. The normalized spacial score (nSPS) is 20.1. The Morgan fingerprint density at radius 3 is 2.69 bits per heavy atom. The molecule has 1 aliphatic rings. The lowest BCUT2D eigenvalue weighted by molar-refractivity contribution is 0.0742. The van der Waals surface area contributed by atoms with Gasteiger partial charge in [-0.2, -0.15) is 0 Å². The standard InChI is InChI=1S/C17H27N3O4S.ClH/c1-12-4-5-15(25(22,23)19-6-7-24-3)9-16(12)17(21)20-11-14(10-18)8-13(20)2;/h4-5,9,13-14,19H,6-8,10-11,18H2,1-3H3;1H. The predicted octanol–water partition coefficient (Wildman–Crippen LogP) is 1.15. The Morgan fingerprint density at radius 2 is 2.12 bits per heavy atom. The number of amides is 1. The maximum absolute atomic E-state index is 12.9. The summed E-state index contributed by atoms with van der Waals surface area (Å²) in [5.41, 5.74) is 6.90. The van der Waals surface area contributed by atoms with Gasteiger partial charge in [0.2, 0.25) is 10.0 Å². The van der Waals surface area contributed by atoms with Gasteiger partial charge in [0, 0.05) is 31.8 Å². The number of halogens is 1. The molecule has 1 heterocycles. The van der Waals surface area contributed by atoms with Crippen LogP contribution >= 0.6 is 12.4 Å². The Bertz CT molecular complexity index is 727. The first kappa shape index (κ1) is 22.9. The van der Waals surface area contributed by atoms with Crippen molar-refractivity contribution in [3.05, 3.63) is 29.3 Å². The summed E-state index contributed by atoms with van der Waals surface area (Å²) in [5.74, 6) is 0.150. The summed E-state index contributed by atoms with van der Waals surface area (Å²) in [6.07, 6.45) is 0.873. The summed E-state index contributed by atoms with van der Waals surface area (Å²) in [4.78, 5) is 14.8. The molecular weight excluding hydrogens is 378 g/mol. The molecule has 0 saturated carbocycles. The number of benzene rings is 1. The number of aryl methyl sites for hydroxylation is 1. The molecule has 0 aromatic heterocycles. The van der Waals surface area contributed by atoms with Gasteiger partial charge in [0.05, 0.1) is 11.5 Å². The molecule has 2 rings (SSSR count). The van der Waals surface area contributed by atoms with E-state index in [1.165, 1.54) is 19.2 Å². The number of sulfonamides is 1. The maximum Gasteiger partial charge on any atom is 0.254 e. The van der Waals surface area contributed by atoms with Crippen LogP contribution in [0.4, 0.5) is 0 Å². The van der Waals surface area contributed by atoms with Gasteiger partial charge >= 0.3 is 0 Å². The number of nitrogens with zero attached hydrogens (tertiary/aromatic N) is 1. The summed E-state index contributed by atoms with van der Waals surface area (Å²) in [5, 5.41) is 0. The highest BCUT2D eigenvalue weighted by Crippen LogP contribution is 2.26. The first-order valence-electron chi connectivity index (χ1n) is 8.40. The summed E-state index contributed by atoms with van der Waals surface area (Å²) >= 11 is 0. The first-order chi connectivity index (χ1) is 11.8. The molecule has 1 amide bonds. The van der Waals surface area contributed by atoms with Gasteiger partial charge in [0.25, 0.3) is 5.91 Å². The predicted molar refractivity (Wildman–Crippen MR) is 103 cm³/mol. The molecule has 1 saturated heterocycles. The average molecular weight is 406 g/mol. The lowest BCUT2D eigenvalue weighted by Crippen LogP contribution is -2.35. The number of nitrogens with one attached hydrogen (secondary N) is 1. The van der Waals surface area contributed by atoms with E-state index in [0.717, 1.165) is 12.0 Å². The smallest absolute Gasteiger partial charge is 0.254 e. The van der Waals surface area contributed by atoms with E-state index in [2.05, 4.69) is 4.72 Å². The lowest BCUT2D eigenvalue weighted by atomic mass is 10.1.